The fourth-order valence-corrected chi connectivity index (χ4v) is 2.58. The highest BCUT2D eigenvalue weighted by atomic mass is 79.9. The molecule has 0 aliphatic heterocycles. The fourth-order valence-electron chi connectivity index (χ4n) is 2.13. The van der Waals surface area contributed by atoms with Gasteiger partial charge < -0.3 is 14.4 Å². The number of nitrogens with one attached hydrogen (secondary N) is 1. The third kappa shape index (κ3) is 4.07. The molecule has 116 valence electrons. The van der Waals surface area contributed by atoms with Crippen molar-refractivity contribution >= 4 is 27.7 Å². The van der Waals surface area contributed by atoms with Crippen LogP contribution in [0.5, 0.6) is 0 Å². The predicted molar refractivity (Wildman–Crippen MR) is 82.5 cm³/mol. The molecular formula is C14H19BrN2O4. The summed E-state index contributed by atoms with van der Waals surface area (Å²) in [5.74, 6) is 0. The number of carbonyl (C=O) groups is 1. The molecule has 1 heterocycles. The Morgan fingerprint density at radius 1 is 1.48 bits per heavy atom. The van der Waals surface area contributed by atoms with Gasteiger partial charge >= 0.3 is 6.09 Å². The molecule has 0 bridgehead atoms. The highest BCUT2D eigenvalue weighted by Gasteiger charge is 2.30. The highest BCUT2D eigenvalue weighted by molar-refractivity contribution is 9.10. The van der Waals surface area contributed by atoms with Crippen molar-refractivity contribution in [2.75, 3.05) is 5.32 Å². The Morgan fingerprint density at radius 3 is 2.62 bits per heavy atom. The molecule has 7 heteroatoms. The van der Waals surface area contributed by atoms with Gasteiger partial charge in [-0.25, -0.2) is 4.79 Å². The van der Waals surface area contributed by atoms with Gasteiger partial charge in [-0.1, -0.05) is 0 Å². The van der Waals surface area contributed by atoms with Crippen molar-refractivity contribution in [1.29, 1.82) is 0 Å². The highest BCUT2D eigenvalue weighted by Crippen LogP contribution is 2.32. The van der Waals surface area contributed by atoms with E-state index in [4.69, 9.17) is 4.74 Å². The van der Waals surface area contributed by atoms with Gasteiger partial charge in [0.1, 0.15) is 11.3 Å². The number of nitrogens with zero attached hydrogens (tertiary/aromatic N) is 1. The molecule has 1 aromatic heterocycles. The summed E-state index contributed by atoms with van der Waals surface area (Å²) in [6.07, 6.45) is 1.73. The van der Waals surface area contributed by atoms with Crippen LogP contribution in [0.1, 0.15) is 39.7 Å². The zero-order valence-corrected chi connectivity index (χ0v) is 13.8. The molecule has 2 rings (SSSR count). The third-order valence-electron chi connectivity index (χ3n) is 3.13. The smallest absolute Gasteiger partial charge is 0.412 e. The second kappa shape index (κ2) is 5.81. The van der Waals surface area contributed by atoms with Crippen molar-refractivity contribution in [2.24, 2.45) is 0 Å². The van der Waals surface area contributed by atoms with E-state index in [0.29, 0.717) is 17.3 Å². The number of carbonyl (C=O) groups excluding carboxylic acids is 1. The second-order valence-corrected chi connectivity index (χ2v) is 7.11. The molecule has 0 aromatic carbocycles. The predicted octanol–water partition coefficient (Wildman–Crippen LogP) is 2.65. The molecule has 0 atom stereocenters. The van der Waals surface area contributed by atoms with Crippen LogP contribution < -0.4 is 10.9 Å². The van der Waals surface area contributed by atoms with Crippen LogP contribution in [0.25, 0.3) is 0 Å². The average Bonchev–Trinajstić information content (AvgIpc) is 2.27. The first-order chi connectivity index (χ1) is 9.65. The monoisotopic (exact) mass is 358 g/mol. The van der Waals surface area contributed by atoms with Gasteiger partial charge in [0, 0.05) is 16.7 Å². The Hall–Kier alpha value is -1.34. The number of hydrogen-bond acceptors (Lipinski definition) is 4. The first-order valence-corrected chi connectivity index (χ1v) is 7.55. The van der Waals surface area contributed by atoms with E-state index in [1.165, 1.54) is 10.6 Å². The van der Waals surface area contributed by atoms with Crippen molar-refractivity contribution in [3.63, 3.8) is 0 Å². The maximum atomic E-state index is 12.4. The minimum atomic E-state index is -0.669. The van der Waals surface area contributed by atoms with E-state index in [1.54, 1.807) is 27.0 Å². The van der Waals surface area contributed by atoms with Gasteiger partial charge in [-0.2, -0.15) is 0 Å². The summed E-state index contributed by atoms with van der Waals surface area (Å²) < 4.78 is 7.35. The minimum absolute atomic E-state index is 0.0378. The lowest BCUT2D eigenvalue weighted by molar-refractivity contribution is 0.0469. The lowest BCUT2D eigenvalue weighted by Gasteiger charge is -2.33. The number of hydrogen-bond donors (Lipinski definition) is 2. The molecule has 2 N–H and O–H groups in total. The zero-order valence-electron chi connectivity index (χ0n) is 12.2. The Labute approximate surface area is 131 Å². The summed E-state index contributed by atoms with van der Waals surface area (Å²) in [6.45, 7) is 5.25. The summed E-state index contributed by atoms with van der Waals surface area (Å²) in [4.78, 5) is 24.1. The number of aliphatic hydroxyl groups is 1. The molecule has 1 fully saturated rings. The Bertz CT molecular complexity index is 600. The first-order valence-electron chi connectivity index (χ1n) is 6.75. The summed E-state index contributed by atoms with van der Waals surface area (Å²) in [7, 11) is 0. The molecule has 21 heavy (non-hydrogen) atoms. The molecule has 1 aliphatic carbocycles. The largest absolute Gasteiger partial charge is 0.444 e. The van der Waals surface area contributed by atoms with Crippen LogP contribution in [-0.2, 0) is 4.74 Å². The topological polar surface area (TPSA) is 80.6 Å². The van der Waals surface area contributed by atoms with Crippen LogP contribution in [0.15, 0.2) is 21.5 Å². The van der Waals surface area contributed by atoms with Crippen molar-refractivity contribution in [3.8, 4) is 0 Å². The van der Waals surface area contributed by atoms with Crippen LogP contribution in [0.4, 0.5) is 10.5 Å². The maximum Gasteiger partial charge on any atom is 0.412 e. The zero-order chi connectivity index (χ0) is 15.8. The van der Waals surface area contributed by atoms with Crippen LogP contribution in [0.2, 0.25) is 0 Å². The molecule has 0 spiro atoms. The second-order valence-electron chi connectivity index (χ2n) is 6.19. The number of ether oxygens (including phenoxy) is 1. The average molecular weight is 359 g/mol. The van der Waals surface area contributed by atoms with E-state index in [2.05, 4.69) is 21.2 Å². The minimum Gasteiger partial charge on any atom is -0.444 e. The number of pyridine rings is 1. The van der Waals surface area contributed by atoms with Gasteiger partial charge in [0.25, 0.3) is 5.56 Å². The summed E-state index contributed by atoms with van der Waals surface area (Å²) in [6, 6.07) is 1.50. The van der Waals surface area contributed by atoms with Crippen molar-refractivity contribution in [1.82, 2.24) is 4.57 Å². The molecule has 1 saturated carbocycles. The van der Waals surface area contributed by atoms with Gasteiger partial charge in [0.2, 0.25) is 0 Å². The van der Waals surface area contributed by atoms with E-state index in [-0.39, 0.29) is 23.4 Å². The summed E-state index contributed by atoms with van der Waals surface area (Å²) >= 11 is 3.32. The third-order valence-corrected chi connectivity index (χ3v) is 3.56. The lowest BCUT2D eigenvalue weighted by atomic mass is 9.89. The van der Waals surface area contributed by atoms with E-state index in [9.17, 15) is 14.7 Å². The standard InChI is InChI=1S/C14H19BrN2O4/c1-14(2,3)21-13(20)16-11-4-8(15)7-17(12(11)19)9-5-10(18)6-9/h4,7,9-10,18H,5-6H2,1-3H3,(H,16,20)/t9-,10+. The van der Waals surface area contributed by atoms with E-state index >= 15 is 0 Å². The van der Waals surface area contributed by atoms with Crippen molar-refractivity contribution in [2.45, 2.75) is 51.4 Å². The van der Waals surface area contributed by atoms with Gasteiger partial charge in [-0.15, -0.1) is 0 Å². The van der Waals surface area contributed by atoms with Gasteiger partial charge in [-0.05, 0) is 55.6 Å². The number of amides is 1. The molecule has 0 radical (unpaired) electrons. The number of rotatable bonds is 2. The Morgan fingerprint density at radius 2 is 2.10 bits per heavy atom. The molecule has 0 unspecified atom stereocenters. The maximum absolute atomic E-state index is 12.4. The normalized spacial score (nSPS) is 21.6. The summed E-state index contributed by atoms with van der Waals surface area (Å²) in [5.41, 5.74) is -0.784. The van der Waals surface area contributed by atoms with Crippen molar-refractivity contribution < 1.29 is 14.6 Å². The first kappa shape index (κ1) is 16.0. The Balaban J connectivity index is 2.20. The van der Waals surface area contributed by atoms with Gasteiger partial charge in [-0.3, -0.25) is 10.1 Å². The van der Waals surface area contributed by atoms with E-state index < -0.39 is 11.7 Å². The summed E-state index contributed by atoms with van der Waals surface area (Å²) in [5, 5.41) is 11.8. The molecule has 1 aliphatic rings. The van der Waals surface area contributed by atoms with Gasteiger partial charge in [0.15, 0.2) is 0 Å². The molecule has 1 aromatic rings. The van der Waals surface area contributed by atoms with Crippen LogP contribution >= 0.6 is 15.9 Å². The van der Waals surface area contributed by atoms with Crippen LogP contribution in [-0.4, -0.2) is 27.5 Å². The number of aliphatic hydroxyl groups excluding tert-OH is 1. The molecule has 0 saturated heterocycles. The van der Waals surface area contributed by atoms with Gasteiger partial charge in [0.05, 0.1) is 6.10 Å². The molecular weight excluding hydrogens is 340 g/mol. The molecule has 1 amide bonds. The van der Waals surface area contributed by atoms with E-state index in [0.717, 1.165) is 0 Å². The Kier molecular flexibility index (Phi) is 4.43. The van der Waals surface area contributed by atoms with Crippen LogP contribution in [0.3, 0.4) is 0 Å². The number of anilines is 1. The fraction of sp³-hybridized carbons (Fsp3) is 0.571. The number of halogens is 1. The lowest BCUT2D eigenvalue weighted by Crippen LogP contribution is -2.38. The number of aromatic nitrogens is 1. The quantitative estimate of drug-likeness (QED) is 0.851. The molecule has 6 nitrogen and oxygen atoms in total. The van der Waals surface area contributed by atoms with Crippen molar-refractivity contribution in [3.05, 3.63) is 27.1 Å². The van der Waals surface area contributed by atoms with E-state index in [1.807, 2.05) is 0 Å². The SMILES string of the molecule is CC(C)(C)OC(=O)Nc1cc(Br)cn([C@H]2C[C@@H](O)C2)c1=O. The van der Waals surface area contributed by atoms with Crippen LogP contribution in [0, 0.1) is 0 Å².